The van der Waals surface area contributed by atoms with E-state index in [1.54, 1.807) is 30.5 Å². The maximum atomic E-state index is 12.7. The number of benzene rings is 1. The number of pyridine rings is 1. The zero-order valence-electron chi connectivity index (χ0n) is 12.9. The number of carbonyl (C=O) groups is 1. The van der Waals surface area contributed by atoms with E-state index in [0.717, 1.165) is 17.7 Å². The number of halogens is 3. The summed E-state index contributed by atoms with van der Waals surface area (Å²) >= 11 is 0. The van der Waals surface area contributed by atoms with Crippen molar-refractivity contribution in [3.8, 4) is 11.5 Å². The van der Waals surface area contributed by atoms with Crippen molar-refractivity contribution < 1.29 is 22.4 Å². The van der Waals surface area contributed by atoms with Crippen molar-refractivity contribution in [1.82, 2.24) is 10.3 Å². The molecule has 0 spiro atoms. The van der Waals surface area contributed by atoms with Gasteiger partial charge in [-0.25, -0.2) is 0 Å². The largest absolute Gasteiger partial charge is 0.463 e. The van der Waals surface area contributed by atoms with Crippen LogP contribution in [0.25, 0.3) is 11.5 Å². The number of aromatic nitrogens is 1. The summed E-state index contributed by atoms with van der Waals surface area (Å²) in [4.78, 5) is 16.3. The molecule has 0 saturated carbocycles. The van der Waals surface area contributed by atoms with Crippen LogP contribution in [-0.4, -0.2) is 10.9 Å². The van der Waals surface area contributed by atoms with E-state index in [1.165, 1.54) is 18.4 Å². The van der Waals surface area contributed by atoms with Gasteiger partial charge in [-0.15, -0.1) is 0 Å². The fourth-order valence-electron chi connectivity index (χ4n) is 2.26. The van der Waals surface area contributed by atoms with Gasteiger partial charge < -0.3 is 9.73 Å². The van der Waals surface area contributed by atoms with Gasteiger partial charge in [0.05, 0.1) is 11.8 Å². The van der Waals surface area contributed by atoms with Crippen molar-refractivity contribution in [2.75, 3.05) is 0 Å². The molecule has 25 heavy (non-hydrogen) atoms. The van der Waals surface area contributed by atoms with Gasteiger partial charge in [-0.3, -0.25) is 9.78 Å². The number of amides is 1. The minimum atomic E-state index is -4.49. The number of rotatable bonds is 4. The number of carbonyl (C=O) groups excluding carboxylic acids is 1. The topological polar surface area (TPSA) is 55.1 Å². The Balaban J connectivity index is 1.70. The van der Waals surface area contributed by atoms with Crippen LogP contribution in [0.3, 0.4) is 0 Å². The third kappa shape index (κ3) is 4.06. The van der Waals surface area contributed by atoms with E-state index < -0.39 is 17.6 Å². The Morgan fingerprint density at radius 2 is 1.96 bits per heavy atom. The Morgan fingerprint density at radius 3 is 2.68 bits per heavy atom. The Kier molecular flexibility index (Phi) is 4.56. The van der Waals surface area contributed by atoms with E-state index in [4.69, 9.17) is 4.42 Å². The quantitative estimate of drug-likeness (QED) is 0.767. The normalized spacial score (nSPS) is 11.3. The van der Waals surface area contributed by atoms with E-state index >= 15 is 0 Å². The van der Waals surface area contributed by atoms with Gasteiger partial charge in [0.2, 0.25) is 0 Å². The van der Waals surface area contributed by atoms with Gasteiger partial charge in [-0.2, -0.15) is 13.2 Å². The molecule has 0 aliphatic rings. The Morgan fingerprint density at radius 1 is 1.12 bits per heavy atom. The number of alkyl halides is 3. The van der Waals surface area contributed by atoms with Crippen molar-refractivity contribution in [1.29, 1.82) is 0 Å². The molecule has 0 unspecified atom stereocenters. The maximum absolute atomic E-state index is 12.7. The van der Waals surface area contributed by atoms with E-state index in [9.17, 15) is 18.0 Å². The molecule has 128 valence electrons. The minimum Gasteiger partial charge on any atom is -0.463 e. The number of hydrogen-bond donors (Lipinski definition) is 1. The second-order valence-electron chi connectivity index (χ2n) is 5.29. The summed E-state index contributed by atoms with van der Waals surface area (Å²) in [6.07, 6.45) is -1.39. The highest BCUT2D eigenvalue weighted by atomic mass is 19.4. The second kappa shape index (κ2) is 6.80. The van der Waals surface area contributed by atoms with Crippen molar-refractivity contribution in [2.45, 2.75) is 12.7 Å². The van der Waals surface area contributed by atoms with Crippen LogP contribution in [0.2, 0.25) is 0 Å². The molecule has 1 N–H and O–H groups in total. The third-order valence-electron chi connectivity index (χ3n) is 3.50. The van der Waals surface area contributed by atoms with Gasteiger partial charge in [-0.05, 0) is 48.0 Å². The first kappa shape index (κ1) is 16.8. The molecule has 7 heteroatoms. The Hall–Kier alpha value is -3.09. The van der Waals surface area contributed by atoms with Gasteiger partial charge in [0.1, 0.15) is 5.69 Å². The Labute approximate surface area is 141 Å². The van der Waals surface area contributed by atoms with E-state index in [-0.39, 0.29) is 12.1 Å². The van der Waals surface area contributed by atoms with Crippen LogP contribution in [0.4, 0.5) is 13.2 Å². The molecular formula is C18H13F3N2O2. The summed E-state index contributed by atoms with van der Waals surface area (Å²) in [5, 5.41) is 2.60. The molecule has 0 saturated heterocycles. The number of furan rings is 1. The van der Waals surface area contributed by atoms with E-state index in [1.807, 2.05) is 0 Å². The van der Waals surface area contributed by atoms with Crippen LogP contribution in [0, 0.1) is 0 Å². The fraction of sp³-hybridized carbons (Fsp3) is 0.111. The SMILES string of the molecule is O=C(NCc1ccnc(-c2ccco2)c1)c1cccc(C(F)(F)F)c1. The maximum Gasteiger partial charge on any atom is 0.416 e. The first-order chi connectivity index (χ1) is 11.9. The summed E-state index contributed by atoms with van der Waals surface area (Å²) in [6.45, 7) is 0.158. The van der Waals surface area contributed by atoms with Crippen molar-refractivity contribution in [2.24, 2.45) is 0 Å². The average molecular weight is 346 g/mol. The summed E-state index contributed by atoms with van der Waals surface area (Å²) < 4.78 is 43.4. The molecule has 1 aromatic carbocycles. The number of hydrogen-bond acceptors (Lipinski definition) is 3. The summed E-state index contributed by atoms with van der Waals surface area (Å²) in [5.41, 5.74) is 0.455. The van der Waals surface area contributed by atoms with E-state index in [2.05, 4.69) is 10.3 Å². The smallest absolute Gasteiger partial charge is 0.416 e. The summed E-state index contributed by atoms with van der Waals surface area (Å²) in [6, 6.07) is 11.2. The Bertz CT molecular complexity index is 874. The fourth-order valence-corrected chi connectivity index (χ4v) is 2.26. The molecule has 2 heterocycles. The molecule has 0 aliphatic carbocycles. The molecular weight excluding hydrogens is 333 g/mol. The standard InChI is InChI=1S/C18H13F3N2O2/c19-18(20,21)14-4-1-3-13(10-14)17(24)23-11-12-6-7-22-15(9-12)16-5-2-8-25-16/h1-10H,11H2,(H,23,24). The molecule has 0 bridgehead atoms. The van der Waals surface area contributed by atoms with Gasteiger partial charge in [-0.1, -0.05) is 6.07 Å². The molecule has 2 aromatic heterocycles. The van der Waals surface area contributed by atoms with Crippen LogP contribution in [-0.2, 0) is 12.7 Å². The van der Waals surface area contributed by atoms with Crippen LogP contribution in [0.1, 0.15) is 21.5 Å². The predicted octanol–water partition coefficient (Wildman–Crippen LogP) is 4.29. The number of nitrogens with one attached hydrogen (secondary N) is 1. The zero-order valence-corrected chi connectivity index (χ0v) is 12.9. The number of nitrogens with zero attached hydrogens (tertiary/aromatic N) is 1. The second-order valence-corrected chi connectivity index (χ2v) is 5.29. The van der Waals surface area contributed by atoms with Crippen molar-refractivity contribution in [3.05, 3.63) is 77.7 Å². The first-order valence-electron chi connectivity index (χ1n) is 7.38. The zero-order chi connectivity index (χ0) is 17.9. The van der Waals surface area contributed by atoms with Gasteiger partial charge in [0.25, 0.3) is 5.91 Å². The molecule has 0 atom stereocenters. The average Bonchev–Trinajstić information content (AvgIpc) is 3.14. The molecule has 0 aliphatic heterocycles. The molecule has 0 fully saturated rings. The van der Waals surface area contributed by atoms with Crippen LogP contribution >= 0.6 is 0 Å². The van der Waals surface area contributed by atoms with Crippen molar-refractivity contribution >= 4 is 5.91 Å². The highest BCUT2D eigenvalue weighted by molar-refractivity contribution is 5.94. The van der Waals surface area contributed by atoms with Gasteiger partial charge in [0, 0.05) is 18.3 Å². The first-order valence-corrected chi connectivity index (χ1v) is 7.38. The highest BCUT2D eigenvalue weighted by Crippen LogP contribution is 2.29. The molecule has 0 radical (unpaired) electrons. The van der Waals surface area contributed by atoms with Crippen LogP contribution < -0.4 is 5.32 Å². The molecule has 3 aromatic rings. The summed E-state index contributed by atoms with van der Waals surface area (Å²) in [7, 11) is 0. The minimum absolute atomic E-state index is 0.0462. The molecule has 4 nitrogen and oxygen atoms in total. The van der Waals surface area contributed by atoms with Gasteiger partial charge in [0.15, 0.2) is 5.76 Å². The van der Waals surface area contributed by atoms with E-state index in [0.29, 0.717) is 11.5 Å². The third-order valence-corrected chi connectivity index (χ3v) is 3.50. The monoisotopic (exact) mass is 346 g/mol. The summed E-state index contributed by atoms with van der Waals surface area (Å²) in [5.74, 6) is 0.00788. The lowest BCUT2D eigenvalue weighted by atomic mass is 10.1. The van der Waals surface area contributed by atoms with Gasteiger partial charge >= 0.3 is 6.18 Å². The van der Waals surface area contributed by atoms with Crippen LogP contribution in [0.5, 0.6) is 0 Å². The van der Waals surface area contributed by atoms with Crippen LogP contribution in [0.15, 0.2) is 65.4 Å². The molecule has 1 amide bonds. The molecule has 3 rings (SSSR count). The highest BCUT2D eigenvalue weighted by Gasteiger charge is 2.30. The lowest BCUT2D eigenvalue weighted by molar-refractivity contribution is -0.137. The van der Waals surface area contributed by atoms with Crippen molar-refractivity contribution in [3.63, 3.8) is 0 Å². The lowest BCUT2D eigenvalue weighted by Gasteiger charge is -2.09. The predicted molar refractivity (Wildman–Crippen MR) is 84.6 cm³/mol. The lowest BCUT2D eigenvalue weighted by Crippen LogP contribution is -2.23.